The predicted octanol–water partition coefficient (Wildman–Crippen LogP) is 0.431. The molecule has 12 heavy (non-hydrogen) atoms. The number of carboxylic acids is 1. The standard InChI is InChI=1S/C4H8O2.C3H3.CO.H2O/c1-3(2)4(5)6;1-3-2;1-2;/h3H,1-2H3,(H,5,6);1H,2H2;;1H2/q;-1;;/p+1. The zero-order valence-electron chi connectivity index (χ0n) is 8.13. The third kappa shape index (κ3) is 73.5. The number of carboxylic acid groups (broad SMARTS) is 1. The Morgan fingerprint density at radius 3 is 1.83 bits per heavy atom. The summed E-state index contributed by atoms with van der Waals surface area (Å²) in [4.78, 5) is 9.70. The minimum atomic E-state index is -0.741. The molecule has 0 unspecified atom stereocenters. The molecule has 0 rings (SSSR count). The summed E-state index contributed by atoms with van der Waals surface area (Å²) in [6.07, 6.45) is 4.49. The van der Waals surface area contributed by atoms with Crippen molar-refractivity contribution in [3.8, 4) is 12.3 Å². The van der Waals surface area contributed by atoms with E-state index in [4.69, 9.17) is 9.76 Å². The van der Waals surface area contributed by atoms with E-state index in [0.717, 1.165) is 0 Å². The Labute approximate surface area is 74.1 Å². The molecule has 0 aliphatic rings. The minimum Gasteiger partial charge on any atom is 1.00 e. The van der Waals surface area contributed by atoms with Gasteiger partial charge in [-0.15, -0.1) is 0 Å². The number of carbonyl (C=O) groups is 1. The molecule has 0 atom stereocenters. The summed E-state index contributed by atoms with van der Waals surface area (Å²) in [5.74, 6) is 1.03. The average Bonchev–Trinajstić information content (AvgIpc) is 1.93. The Hall–Kier alpha value is -1.40. The summed E-state index contributed by atoms with van der Waals surface area (Å²) >= 11 is 0. The van der Waals surface area contributed by atoms with Crippen molar-refractivity contribution < 1.29 is 21.5 Å². The number of terminal acetylenes is 1. The van der Waals surface area contributed by atoms with Crippen LogP contribution in [-0.2, 0) is 9.45 Å². The van der Waals surface area contributed by atoms with Crippen molar-refractivity contribution in [3.05, 3.63) is 13.6 Å². The molecule has 0 radical (unpaired) electrons. The van der Waals surface area contributed by atoms with Gasteiger partial charge in [0.1, 0.15) is 0 Å². The molecule has 0 heterocycles. The monoisotopic (exact) mass is 174 g/mol. The molecule has 0 aromatic rings. The molecule has 0 aromatic heterocycles. The Balaban J connectivity index is -0.0000000268. The molecule has 0 saturated heterocycles. The van der Waals surface area contributed by atoms with Gasteiger partial charge in [-0.25, -0.2) is 0 Å². The first-order valence-corrected chi connectivity index (χ1v) is 2.72. The van der Waals surface area contributed by atoms with Gasteiger partial charge in [0.15, 0.2) is 0 Å². The van der Waals surface area contributed by atoms with Gasteiger partial charge < -0.3 is 22.9 Å². The third-order valence-corrected chi connectivity index (χ3v) is 0.494. The van der Waals surface area contributed by atoms with Gasteiger partial charge in [-0.3, -0.25) is 4.79 Å². The van der Waals surface area contributed by atoms with Crippen LogP contribution < -0.4 is 0 Å². The summed E-state index contributed by atoms with van der Waals surface area (Å²) in [5, 5.41) is 7.99. The van der Waals surface area contributed by atoms with Crippen LogP contribution in [0, 0.1) is 31.8 Å². The van der Waals surface area contributed by atoms with E-state index >= 15 is 0 Å². The van der Waals surface area contributed by atoms with Gasteiger partial charge in [-0.1, -0.05) is 13.8 Å². The second-order valence-corrected chi connectivity index (χ2v) is 1.70. The molecule has 0 fully saturated rings. The second-order valence-electron chi connectivity index (χ2n) is 1.70. The van der Waals surface area contributed by atoms with Gasteiger partial charge in [0, 0.05) is 0 Å². The van der Waals surface area contributed by atoms with E-state index in [1.807, 2.05) is 5.92 Å². The number of hydrogen-bond donors (Lipinski definition) is 1. The SMILES string of the molecule is C#C[CH2-].CC(C)C(=O)O.O.[C-]#[O+].[H+]. The Morgan fingerprint density at radius 1 is 1.75 bits per heavy atom. The molecule has 0 aliphatic heterocycles. The van der Waals surface area contributed by atoms with E-state index in [1.54, 1.807) is 13.8 Å². The van der Waals surface area contributed by atoms with Crippen molar-refractivity contribution in [1.29, 1.82) is 0 Å². The van der Waals surface area contributed by atoms with Gasteiger partial charge in [-0.2, -0.15) is 6.92 Å². The van der Waals surface area contributed by atoms with Gasteiger partial charge >= 0.3 is 18.7 Å². The predicted molar refractivity (Wildman–Crippen MR) is 45.3 cm³/mol. The van der Waals surface area contributed by atoms with Gasteiger partial charge in [0.05, 0.1) is 5.92 Å². The fraction of sp³-hybridized carbons (Fsp3) is 0.375. The average molecular weight is 174 g/mol. The normalized spacial score (nSPS) is 5.33. The van der Waals surface area contributed by atoms with Crippen LogP contribution in [0.1, 0.15) is 15.3 Å². The Kier molecular flexibility index (Phi) is 42.3. The van der Waals surface area contributed by atoms with E-state index in [9.17, 15) is 4.79 Å². The first-order valence-electron chi connectivity index (χ1n) is 2.72. The third-order valence-electron chi connectivity index (χ3n) is 0.494. The number of hydrogen-bond acceptors (Lipinski definition) is 1. The molecule has 0 amide bonds. The molecule has 0 spiro atoms. The topological polar surface area (TPSA) is 88.7 Å². The molecule has 70 valence electrons. The fourth-order valence-corrected chi connectivity index (χ4v) is 0. The van der Waals surface area contributed by atoms with Crippen molar-refractivity contribution in [3.63, 3.8) is 0 Å². The van der Waals surface area contributed by atoms with E-state index in [2.05, 4.69) is 20.0 Å². The summed E-state index contributed by atoms with van der Waals surface area (Å²) < 4.78 is 7.50. The first-order chi connectivity index (χ1) is 5.06. The van der Waals surface area contributed by atoms with Crippen molar-refractivity contribution in [2.24, 2.45) is 5.92 Å². The number of rotatable bonds is 1. The Bertz CT molecular complexity index is 146. The zero-order chi connectivity index (χ0) is 9.86. The number of aliphatic carboxylic acids is 1. The van der Waals surface area contributed by atoms with Crippen LogP contribution in [0.25, 0.3) is 0 Å². The van der Waals surface area contributed by atoms with Gasteiger partial charge in [0.2, 0.25) is 0 Å². The van der Waals surface area contributed by atoms with Crippen LogP contribution in [0.4, 0.5) is 0 Å². The van der Waals surface area contributed by atoms with Crippen molar-refractivity contribution in [2.75, 3.05) is 0 Å². The molecule has 0 aromatic carbocycles. The maximum Gasteiger partial charge on any atom is 1.00 e. The van der Waals surface area contributed by atoms with Crippen molar-refractivity contribution in [2.45, 2.75) is 13.8 Å². The molecule has 4 nitrogen and oxygen atoms in total. The van der Waals surface area contributed by atoms with Gasteiger partial charge in [-0.05, 0) is 0 Å². The van der Waals surface area contributed by atoms with Crippen LogP contribution in [0.5, 0.6) is 0 Å². The van der Waals surface area contributed by atoms with Crippen LogP contribution in [0.3, 0.4) is 0 Å². The van der Waals surface area contributed by atoms with E-state index in [-0.39, 0.29) is 12.8 Å². The van der Waals surface area contributed by atoms with Crippen LogP contribution in [0.2, 0.25) is 0 Å². The van der Waals surface area contributed by atoms with Crippen molar-refractivity contribution >= 4 is 5.97 Å². The Morgan fingerprint density at radius 2 is 1.83 bits per heavy atom. The molecular weight excluding hydrogens is 160 g/mol. The van der Waals surface area contributed by atoms with E-state index in [0.29, 0.717) is 0 Å². The molecule has 0 bridgehead atoms. The maximum atomic E-state index is 9.70. The molecular formula is C8H14O4. The summed E-state index contributed by atoms with van der Waals surface area (Å²) in [7, 11) is 0. The van der Waals surface area contributed by atoms with Crippen LogP contribution in [-0.4, -0.2) is 16.6 Å². The minimum absolute atomic E-state index is 0. The second kappa shape index (κ2) is 22.6. The summed E-state index contributed by atoms with van der Waals surface area (Å²) in [6, 6.07) is 0. The fourth-order valence-electron chi connectivity index (χ4n) is 0. The summed E-state index contributed by atoms with van der Waals surface area (Å²) in [5.41, 5.74) is 0. The summed E-state index contributed by atoms with van der Waals surface area (Å²) in [6.45, 7) is 10.8. The van der Waals surface area contributed by atoms with Crippen molar-refractivity contribution in [1.82, 2.24) is 0 Å². The molecule has 0 aliphatic carbocycles. The first kappa shape index (κ1) is 22.4. The molecule has 4 heteroatoms. The molecule has 0 saturated carbocycles. The van der Waals surface area contributed by atoms with E-state index < -0.39 is 5.97 Å². The van der Waals surface area contributed by atoms with Crippen LogP contribution >= 0.6 is 0 Å². The zero-order valence-corrected chi connectivity index (χ0v) is 7.13. The van der Waals surface area contributed by atoms with E-state index in [1.165, 1.54) is 0 Å². The maximum absolute atomic E-state index is 9.70. The van der Waals surface area contributed by atoms with Gasteiger partial charge in [0.25, 0.3) is 0 Å². The van der Waals surface area contributed by atoms with Crippen LogP contribution in [0.15, 0.2) is 0 Å². The quantitative estimate of drug-likeness (QED) is 0.355. The smallest absolute Gasteiger partial charge is 1.00 e. The largest absolute Gasteiger partial charge is 1.00 e. The molecule has 3 N–H and O–H groups in total.